The molecule has 0 fully saturated rings. The maximum atomic E-state index is 12.6. The molecule has 5 nitrogen and oxygen atoms in total. The van der Waals surface area contributed by atoms with Crippen molar-refractivity contribution in [2.75, 3.05) is 12.9 Å². The fraction of sp³-hybridized carbons (Fsp3) is 0.333. The first-order valence-electron chi connectivity index (χ1n) is 8.97. The van der Waals surface area contributed by atoms with E-state index in [9.17, 15) is 4.79 Å². The van der Waals surface area contributed by atoms with Crippen LogP contribution in [-0.2, 0) is 11.8 Å². The number of carbonyl (C=O) groups is 1. The van der Waals surface area contributed by atoms with Gasteiger partial charge in [0.15, 0.2) is 5.16 Å². The zero-order valence-electron chi connectivity index (χ0n) is 16.1. The van der Waals surface area contributed by atoms with Gasteiger partial charge in [0.2, 0.25) is 5.91 Å². The van der Waals surface area contributed by atoms with Gasteiger partial charge in [-0.15, -0.1) is 0 Å². The normalized spacial score (nSPS) is 12.3. The SMILES string of the molecule is COc1ccc(C(NC(=O)CSc2nc3ccccc3n2C)C(C)C)cc1. The van der Waals surface area contributed by atoms with E-state index in [4.69, 9.17) is 4.74 Å². The second kappa shape index (κ2) is 8.48. The van der Waals surface area contributed by atoms with Gasteiger partial charge in [0.05, 0.1) is 29.9 Å². The lowest BCUT2D eigenvalue weighted by atomic mass is 9.96. The Morgan fingerprint density at radius 3 is 2.52 bits per heavy atom. The summed E-state index contributed by atoms with van der Waals surface area (Å²) in [6.45, 7) is 4.21. The van der Waals surface area contributed by atoms with Crippen molar-refractivity contribution in [2.24, 2.45) is 13.0 Å². The first kappa shape index (κ1) is 19.3. The van der Waals surface area contributed by atoms with Crippen LogP contribution in [0.25, 0.3) is 11.0 Å². The Morgan fingerprint density at radius 2 is 1.89 bits per heavy atom. The van der Waals surface area contributed by atoms with Gasteiger partial charge < -0.3 is 14.6 Å². The Balaban J connectivity index is 1.66. The molecule has 0 aliphatic carbocycles. The minimum atomic E-state index is -0.0375. The van der Waals surface area contributed by atoms with E-state index in [2.05, 4.69) is 24.1 Å². The second-order valence-corrected chi connectivity index (χ2v) is 7.74. The molecule has 6 heteroatoms. The topological polar surface area (TPSA) is 56.1 Å². The van der Waals surface area contributed by atoms with Gasteiger partial charge in [-0.05, 0) is 35.7 Å². The van der Waals surface area contributed by atoms with Crippen molar-refractivity contribution in [1.29, 1.82) is 0 Å². The molecule has 0 bridgehead atoms. The fourth-order valence-electron chi connectivity index (χ4n) is 3.04. The Bertz CT molecular complexity index is 919. The monoisotopic (exact) mass is 383 g/mol. The maximum absolute atomic E-state index is 12.6. The molecule has 0 saturated carbocycles. The molecule has 27 heavy (non-hydrogen) atoms. The zero-order valence-corrected chi connectivity index (χ0v) is 16.9. The quantitative estimate of drug-likeness (QED) is 0.622. The highest BCUT2D eigenvalue weighted by atomic mass is 32.2. The van der Waals surface area contributed by atoms with E-state index in [0.29, 0.717) is 5.75 Å². The predicted molar refractivity (Wildman–Crippen MR) is 110 cm³/mol. The van der Waals surface area contributed by atoms with Crippen molar-refractivity contribution in [3.8, 4) is 5.75 Å². The third kappa shape index (κ3) is 4.45. The lowest BCUT2D eigenvalue weighted by molar-refractivity contribution is -0.119. The van der Waals surface area contributed by atoms with Crippen LogP contribution in [0.1, 0.15) is 25.5 Å². The molecule has 0 aliphatic heterocycles. The smallest absolute Gasteiger partial charge is 0.230 e. The van der Waals surface area contributed by atoms with Gasteiger partial charge in [-0.3, -0.25) is 4.79 Å². The number of nitrogens with one attached hydrogen (secondary N) is 1. The summed E-state index contributed by atoms with van der Waals surface area (Å²) in [5, 5.41) is 4.00. The van der Waals surface area contributed by atoms with Crippen LogP contribution in [0.15, 0.2) is 53.7 Å². The number of hydrogen-bond acceptors (Lipinski definition) is 4. The maximum Gasteiger partial charge on any atom is 0.230 e. The highest BCUT2D eigenvalue weighted by molar-refractivity contribution is 7.99. The highest BCUT2D eigenvalue weighted by Gasteiger charge is 2.19. The molecular weight excluding hydrogens is 358 g/mol. The van der Waals surface area contributed by atoms with E-state index in [1.807, 2.05) is 60.1 Å². The molecule has 1 N–H and O–H groups in total. The number of imidazole rings is 1. The second-order valence-electron chi connectivity index (χ2n) is 6.79. The number of hydrogen-bond donors (Lipinski definition) is 1. The van der Waals surface area contributed by atoms with Gasteiger partial charge in [-0.1, -0.05) is 49.9 Å². The number of fused-ring (bicyclic) bond motifs is 1. The number of amides is 1. The van der Waals surface area contributed by atoms with Gasteiger partial charge in [0, 0.05) is 7.05 Å². The van der Waals surface area contributed by atoms with Crippen LogP contribution in [0.4, 0.5) is 0 Å². The third-order valence-corrected chi connectivity index (χ3v) is 5.57. The molecule has 0 aliphatic rings. The van der Waals surface area contributed by atoms with Gasteiger partial charge in [0.1, 0.15) is 5.75 Å². The number of rotatable bonds is 7. The highest BCUT2D eigenvalue weighted by Crippen LogP contribution is 2.25. The van der Waals surface area contributed by atoms with Crippen LogP contribution in [0.3, 0.4) is 0 Å². The lowest BCUT2D eigenvalue weighted by Gasteiger charge is -2.23. The zero-order chi connectivity index (χ0) is 19.4. The van der Waals surface area contributed by atoms with Crippen LogP contribution in [0.5, 0.6) is 5.75 Å². The number of aryl methyl sites for hydroxylation is 1. The minimum absolute atomic E-state index is 0.00146. The molecule has 2 aromatic carbocycles. The summed E-state index contributed by atoms with van der Waals surface area (Å²) < 4.78 is 7.24. The van der Waals surface area contributed by atoms with Crippen molar-refractivity contribution in [2.45, 2.75) is 25.0 Å². The van der Waals surface area contributed by atoms with E-state index in [-0.39, 0.29) is 17.9 Å². The first-order chi connectivity index (χ1) is 13.0. The van der Waals surface area contributed by atoms with Crippen LogP contribution in [-0.4, -0.2) is 28.3 Å². The van der Waals surface area contributed by atoms with Crippen LogP contribution < -0.4 is 10.1 Å². The van der Waals surface area contributed by atoms with Gasteiger partial charge in [-0.25, -0.2) is 4.98 Å². The number of benzene rings is 2. The Labute approximate surface area is 164 Å². The average molecular weight is 384 g/mol. The van der Waals surface area contributed by atoms with Gasteiger partial charge in [-0.2, -0.15) is 0 Å². The molecule has 1 amide bonds. The molecule has 3 rings (SSSR count). The molecule has 1 atom stereocenters. The molecular formula is C21H25N3O2S. The van der Waals surface area contributed by atoms with Crippen molar-refractivity contribution in [3.63, 3.8) is 0 Å². The summed E-state index contributed by atoms with van der Waals surface area (Å²) in [4.78, 5) is 17.2. The number of para-hydroxylation sites is 2. The van der Waals surface area contributed by atoms with Crippen molar-refractivity contribution in [3.05, 3.63) is 54.1 Å². The standard InChI is InChI=1S/C21H25N3O2S/c1-14(2)20(15-9-11-16(26-4)12-10-15)23-19(25)13-27-21-22-17-7-5-6-8-18(17)24(21)3/h5-12,14,20H,13H2,1-4H3,(H,23,25). The largest absolute Gasteiger partial charge is 0.497 e. The molecule has 1 heterocycles. The number of ether oxygens (including phenoxy) is 1. The Morgan fingerprint density at radius 1 is 1.19 bits per heavy atom. The molecule has 1 aromatic heterocycles. The predicted octanol–water partition coefficient (Wildman–Crippen LogP) is 4.19. The summed E-state index contributed by atoms with van der Waals surface area (Å²) in [6.07, 6.45) is 0. The molecule has 3 aromatic rings. The molecule has 142 valence electrons. The van der Waals surface area contributed by atoms with Gasteiger partial charge >= 0.3 is 0 Å². The van der Waals surface area contributed by atoms with Crippen LogP contribution in [0.2, 0.25) is 0 Å². The minimum Gasteiger partial charge on any atom is -0.497 e. The fourth-order valence-corrected chi connectivity index (χ4v) is 3.84. The van der Waals surface area contributed by atoms with Gasteiger partial charge in [0.25, 0.3) is 0 Å². The van der Waals surface area contributed by atoms with E-state index in [1.165, 1.54) is 11.8 Å². The molecule has 0 radical (unpaired) electrons. The number of nitrogens with zero attached hydrogens (tertiary/aromatic N) is 2. The molecule has 1 unspecified atom stereocenters. The van der Waals surface area contributed by atoms with E-state index in [1.54, 1.807) is 7.11 Å². The number of carbonyl (C=O) groups excluding carboxylic acids is 1. The lowest BCUT2D eigenvalue weighted by Crippen LogP contribution is -2.33. The Hall–Kier alpha value is -2.47. The molecule has 0 spiro atoms. The summed E-state index contributed by atoms with van der Waals surface area (Å²) in [5.41, 5.74) is 3.09. The van der Waals surface area contributed by atoms with Crippen molar-refractivity contribution >= 4 is 28.7 Å². The number of methoxy groups -OCH3 is 1. The summed E-state index contributed by atoms with van der Waals surface area (Å²) >= 11 is 1.46. The van der Waals surface area contributed by atoms with E-state index >= 15 is 0 Å². The molecule has 0 saturated heterocycles. The Kier molecular flexibility index (Phi) is 6.06. The summed E-state index contributed by atoms with van der Waals surface area (Å²) in [5.74, 6) is 1.42. The summed E-state index contributed by atoms with van der Waals surface area (Å²) in [6, 6.07) is 15.8. The third-order valence-electron chi connectivity index (χ3n) is 4.54. The summed E-state index contributed by atoms with van der Waals surface area (Å²) in [7, 11) is 3.62. The van der Waals surface area contributed by atoms with Crippen LogP contribution in [0, 0.1) is 5.92 Å². The van der Waals surface area contributed by atoms with Crippen molar-refractivity contribution in [1.82, 2.24) is 14.9 Å². The number of aromatic nitrogens is 2. The number of thioether (sulfide) groups is 1. The first-order valence-corrected chi connectivity index (χ1v) is 9.95. The van der Waals surface area contributed by atoms with E-state index < -0.39 is 0 Å². The van der Waals surface area contributed by atoms with E-state index in [0.717, 1.165) is 27.5 Å². The van der Waals surface area contributed by atoms with Crippen LogP contribution >= 0.6 is 11.8 Å². The average Bonchev–Trinajstić information content (AvgIpc) is 3.00. The van der Waals surface area contributed by atoms with Crippen molar-refractivity contribution < 1.29 is 9.53 Å².